The molecule has 2 aliphatic rings. The van der Waals surface area contributed by atoms with Gasteiger partial charge in [0.2, 0.25) is 5.91 Å². The lowest BCUT2D eigenvalue weighted by molar-refractivity contribution is -0.130. The van der Waals surface area contributed by atoms with Crippen LogP contribution in [0.4, 0.5) is 0 Å². The Hall–Kier alpha value is -0.650. The highest BCUT2D eigenvalue weighted by Crippen LogP contribution is 2.17. The highest BCUT2D eigenvalue weighted by Gasteiger charge is 2.28. The molecule has 0 aromatic heterocycles. The van der Waals surface area contributed by atoms with E-state index < -0.39 is 0 Å². The zero-order valence-electron chi connectivity index (χ0n) is 10.6. The van der Waals surface area contributed by atoms with Gasteiger partial charge in [0, 0.05) is 45.2 Å². The van der Waals surface area contributed by atoms with Crippen LogP contribution in [0.5, 0.6) is 0 Å². The normalized spacial score (nSPS) is 30.8. The number of likely N-dealkylation sites (tertiary alicyclic amines) is 1. The Labute approximate surface area is 103 Å². The zero-order chi connectivity index (χ0) is 12.3. The Morgan fingerprint density at radius 2 is 2.29 bits per heavy atom. The molecule has 2 atom stereocenters. The summed E-state index contributed by atoms with van der Waals surface area (Å²) in [6.07, 6.45) is 2.27. The summed E-state index contributed by atoms with van der Waals surface area (Å²) in [5, 5.41) is 12.7. The number of aliphatic hydroxyl groups is 1. The smallest absolute Gasteiger partial charge is 0.219 e. The maximum atomic E-state index is 11.3. The lowest BCUT2D eigenvalue weighted by Gasteiger charge is -2.36. The number of aliphatic hydroxyl groups excluding tert-OH is 1. The number of hydrogen-bond donors (Lipinski definition) is 2. The van der Waals surface area contributed by atoms with Crippen molar-refractivity contribution in [3.63, 3.8) is 0 Å². The van der Waals surface area contributed by atoms with Crippen LogP contribution in [0, 0.1) is 0 Å². The monoisotopic (exact) mass is 241 g/mol. The molecule has 0 aliphatic carbocycles. The Balaban J connectivity index is 1.84. The van der Waals surface area contributed by atoms with Gasteiger partial charge < -0.3 is 15.3 Å². The van der Waals surface area contributed by atoms with Gasteiger partial charge in [0.1, 0.15) is 0 Å². The molecule has 17 heavy (non-hydrogen) atoms. The second-order valence-electron chi connectivity index (χ2n) is 5.09. The van der Waals surface area contributed by atoms with Gasteiger partial charge in [-0.3, -0.25) is 9.69 Å². The minimum absolute atomic E-state index is 0.164. The molecular weight excluding hydrogens is 218 g/mol. The van der Waals surface area contributed by atoms with Crippen molar-refractivity contribution in [2.75, 3.05) is 39.3 Å². The predicted octanol–water partition coefficient (Wildman–Crippen LogP) is -0.737. The minimum Gasteiger partial charge on any atom is -0.395 e. The second kappa shape index (κ2) is 5.80. The first-order chi connectivity index (χ1) is 8.20. The number of carbonyl (C=O) groups excluding carboxylic acids is 1. The van der Waals surface area contributed by atoms with Crippen molar-refractivity contribution in [3.8, 4) is 0 Å². The van der Waals surface area contributed by atoms with Crippen LogP contribution in [0.2, 0.25) is 0 Å². The Morgan fingerprint density at radius 1 is 1.47 bits per heavy atom. The summed E-state index contributed by atoms with van der Waals surface area (Å²) in [5.41, 5.74) is 0. The van der Waals surface area contributed by atoms with Crippen molar-refractivity contribution < 1.29 is 9.90 Å². The zero-order valence-corrected chi connectivity index (χ0v) is 10.6. The van der Waals surface area contributed by atoms with Crippen molar-refractivity contribution in [1.82, 2.24) is 15.1 Å². The van der Waals surface area contributed by atoms with Gasteiger partial charge in [-0.2, -0.15) is 0 Å². The van der Waals surface area contributed by atoms with Gasteiger partial charge in [-0.15, -0.1) is 0 Å². The topological polar surface area (TPSA) is 55.8 Å². The molecule has 0 aromatic carbocycles. The van der Waals surface area contributed by atoms with Gasteiger partial charge >= 0.3 is 0 Å². The van der Waals surface area contributed by atoms with Gasteiger partial charge in [0.25, 0.3) is 0 Å². The average molecular weight is 241 g/mol. The van der Waals surface area contributed by atoms with Gasteiger partial charge in [-0.05, 0) is 19.4 Å². The summed E-state index contributed by atoms with van der Waals surface area (Å²) in [6, 6.07) is 0.671. The molecule has 5 nitrogen and oxygen atoms in total. The fourth-order valence-corrected chi connectivity index (χ4v) is 2.86. The van der Waals surface area contributed by atoms with Gasteiger partial charge in [-0.1, -0.05) is 0 Å². The number of carbonyl (C=O) groups is 1. The molecular formula is C12H23N3O2. The molecule has 2 rings (SSSR count). The Bertz CT molecular complexity index is 272. The molecule has 0 bridgehead atoms. The summed E-state index contributed by atoms with van der Waals surface area (Å²) >= 11 is 0. The molecule has 2 fully saturated rings. The third kappa shape index (κ3) is 3.18. The predicted molar refractivity (Wildman–Crippen MR) is 65.7 cm³/mol. The molecule has 5 heteroatoms. The molecule has 98 valence electrons. The van der Waals surface area contributed by atoms with E-state index in [1.807, 2.05) is 4.90 Å². The number of hydrogen-bond acceptors (Lipinski definition) is 4. The molecule has 1 amide bonds. The largest absolute Gasteiger partial charge is 0.395 e. The average Bonchev–Trinajstić information content (AvgIpc) is 2.76. The van der Waals surface area contributed by atoms with Crippen LogP contribution in [0.15, 0.2) is 0 Å². The molecule has 0 aromatic rings. The van der Waals surface area contributed by atoms with E-state index in [4.69, 9.17) is 0 Å². The van der Waals surface area contributed by atoms with Crippen molar-refractivity contribution in [1.29, 1.82) is 0 Å². The summed E-state index contributed by atoms with van der Waals surface area (Å²) in [6.45, 7) is 6.39. The molecule has 1 unspecified atom stereocenters. The number of piperazine rings is 1. The van der Waals surface area contributed by atoms with Crippen LogP contribution in [0.3, 0.4) is 0 Å². The van der Waals surface area contributed by atoms with Crippen LogP contribution >= 0.6 is 0 Å². The molecule has 0 spiro atoms. The standard InChI is InChI=1S/C12H23N3O2/c1-10(17)14-6-4-13-11(7-14)8-15-5-2-3-12(15)9-16/h11-13,16H,2-9H2,1H3/t11?,12-/m0/s1. The summed E-state index contributed by atoms with van der Waals surface area (Å²) in [7, 11) is 0. The third-order valence-corrected chi connectivity index (χ3v) is 3.87. The first kappa shape index (κ1) is 12.8. The van der Waals surface area contributed by atoms with Crippen LogP contribution in [-0.2, 0) is 4.79 Å². The molecule has 2 aliphatic heterocycles. The molecule has 2 N–H and O–H groups in total. The number of rotatable bonds is 3. The molecule has 2 heterocycles. The fraction of sp³-hybridized carbons (Fsp3) is 0.917. The lowest BCUT2D eigenvalue weighted by Crippen LogP contribution is -2.56. The van der Waals surface area contributed by atoms with Gasteiger partial charge in [-0.25, -0.2) is 0 Å². The second-order valence-corrected chi connectivity index (χ2v) is 5.09. The van der Waals surface area contributed by atoms with E-state index in [1.54, 1.807) is 6.92 Å². The van der Waals surface area contributed by atoms with Crippen LogP contribution in [0.25, 0.3) is 0 Å². The fourth-order valence-electron chi connectivity index (χ4n) is 2.86. The summed E-state index contributed by atoms with van der Waals surface area (Å²) in [5.74, 6) is 0.164. The molecule has 0 radical (unpaired) electrons. The third-order valence-electron chi connectivity index (χ3n) is 3.87. The van der Waals surface area contributed by atoms with E-state index in [2.05, 4.69) is 10.2 Å². The van der Waals surface area contributed by atoms with Crippen LogP contribution in [0.1, 0.15) is 19.8 Å². The maximum absolute atomic E-state index is 11.3. The van der Waals surface area contributed by atoms with Crippen LogP contribution in [-0.4, -0.2) is 72.2 Å². The van der Waals surface area contributed by atoms with Crippen molar-refractivity contribution in [2.45, 2.75) is 31.8 Å². The summed E-state index contributed by atoms with van der Waals surface area (Å²) in [4.78, 5) is 15.6. The quantitative estimate of drug-likeness (QED) is 0.683. The highest BCUT2D eigenvalue weighted by molar-refractivity contribution is 5.73. The Morgan fingerprint density at radius 3 is 3.00 bits per heavy atom. The summed E-state index contributed by atoms with van der Waals surface area (Å²) < 4.78 is 0. The van der Waals surface area contributed by atoms with E-state index in [0.717, 1.165) is 39.1 Å². The lowest BCUT2D eigenvalue weighted by atomic mass is 10.1. The number of nitrogens with zero attached hydrogens (tertiary/aromatic N) is 2. The van der Waals surface area contributed by atoms with E-state index in [1.165, 1.54) is 6.42 Å². The minimum atomic E-state index is 0.164. The van der Waals surface area contributed by atoms with E-state index in [9.17, 15) is 9.90 Å². The van der Waals surface area contributed by atoms with Gasteiger partial charge in [0.05, 0.1) is 6.61 Å². The van der Waals surface area contributed by atoms with Crippen molar-refractivity contribution in [2.24, 2.45) is 0 Å². The van der Waals surface area contributed by atoms with Gasteiger partial charge in [0.15, 0.2) is 0 Å². The first-order valence-electron chi connectivity index (χ1n) is 6.54. The van der Waals surface area contributed by atoms with Crippen LogP contribution < -0.4 is 5.32 Å². The van der Waals surface area contributed by atoms with E-state index in [0.29, 0.717) is 12.1 Å². The first-order valence-corrected chi connectivity index (χ1v) is 6.54. The molecule has 2 saturated heterocycles. The van der Waals surface area contributed by atoms with Crippen molar-refractivity contribution >= 4 is 5.91 Å². The SMILES string of the molecule is CC(=O)N1CCNC(CN2CCC[C@H]2CO)C1. The number of amides is 1. The van der Waals surface area contributed by atoms with E-state index in [-0.39, 0.29) is 12.5 Å². The van der Waals surface area contributed by atoms with Crippen molar-refractivity contribution in [3.05, 3.63) is 0 Å². The van der Waals surface area contributed by atoms with E-state index >= 15 is 0 Å². The maximum Gasteiger partial charge on any atom is 0.219 e. The number of nitrogens with one attached hydrogen (secondary N) is 1. The highest BCUT2D eigenvalue weighted by atomic mass is 16.3. The molecule has 0 saturated carbocycles. The Kier molecular flexibility index (Phi) is 4.36.